The number of nitrogens with two attached hydrogens (primary N) is 3. The second kappa shape index (κ2) is 36.3. The van der Waals surface area contributed by atoms with Gasteiger partial charge in [-0.1, -0.05) is 42.0 Å². The molecule has 12 aromatic rings. The first-order chi connectivity index (χ1) is 63.1. The maximum absolute atomic E-state index is 16.0. The van der Waals surface area contributed by atoms with Crippen LogP contribution >= 0.6 is 89.1 Å². The highest BCUT2D eigenvalue weighted by atomic mass is 32.9. The van der Waals surface area contributed by atoms with Crippen molar-refractivity contribution in [2.45, 2.75) is 146 Å². The number of nitrogen functional groups attached to an aromatic ring is 3. The van der Waals surface area contributed by atoms with E-state index in [9.17, 15) is 67.4 Å². The van der Waals surface area contributed by atoms with Gasteiger partial charge in [0.25, 0.3) is 33.4 Å². The van der Waals surface area contributed by atoms with E-state index in [2.05, 4.69) is 132 Å². The van der Waals surface area contributed by atoms with Crippen molar-refractivity contribution in [3.8, 4) is 0 Å². The molecule has 59 nitrogen and oxygen atoms in total. The second-order valence-electron chi connectivity index (χ2n) is 29.9. The van der Waals surface area contributed by atoms with Crippen molar-refractivity contribution < 1.29 is 125 Å². The number of phosphoric ester groups is 2. The summed E-state index contributed by atoms with van der Waals surface area (Å²) in [7, 11) is -10.1. The quantitative estimate of drug-likeness (QED) is 0.0730. The summed E-state index contributed by atoms with van der Waals surface area (Å²) in [4.78, 5) is 164. The standard InChI is InChI=1S/C20H22FN9O9P2S3.C20H23N9O13P2S.C19H21FN10O9P2S3/c21-10-13-9(37-19(10)29-5-25-11-14(29)23-4-24-16(11)31)3-35-41(43,44)38-8-1-7(2-34-40(33,42)39-13)36-18(8)30-6-26-12-15(30)27-20(22)28-17(12)32;21-20-26-15-9(17(33)27-20)25-5-29(15)19-13-10(30)7(45-19)2-39-44(36,37)41-12-6(1-38-43(34,35)42-13)40-18(11(12)31)28-4-24-8-14(28)22-3-23-16(8)32;20-9-12-8(37-18(9)30-13-11(27-28-30)15(31)23-4-22-13)3-35-41(43,44)38-7-1-6(2-34-40(33,42)39-12)36-17(7)29-5-24-10-14(29)25-19(21)26-16(10)32/h4-10,13,18-19H,1-3H2,(H,33,42)(H,43,44)(H,23,24,31)(H3,22,27,28,32);3-7,10-13,18-19,30-31H,1-2H2,(H,34,35)(H,36,37)(H,22,23,32)(H3,21,26,27,33);4-9,12,17-18H,1-3H2,(H,33,42)(H,43,44)(H,22,23,31)(H3,21,25,26,32)/t7-,8+,9+,10-,13+,18+,19+,40?;6-,7-,10-,11-,12-,13-,18-,19-;6-,7+,8+,9-,12+,17+,18+,40?/m010/s1. The number of fused-ring (bicyclic) bond motifs is 15. The van der Waals surface area contributed by atoms with Crippen molar-refractivity contribution in [1.29, 1.82) is 0 Å². The van der Waals surface area contributed by atoms with E-state index in [0.717, 1.165) is 41.8 Å². The number of hydrogen-bond donors (Lipinski definition) is 17. The Kier molecular flexibility index (Phi) is 25.8. The number of aromatic amines is 6. The van der Waals surface area contributed by atoms with Crippen LogP contribution in [-0.4, -0.2) is 284 Å². The molecule has 9 fully saturated rings. The van der Waals surface area contributed by atoms with E-state index in [4.69, 9.17) is 131 Å². The van der Waals surface area contributed by atoms with Crippen LogP contribution < -0.4 is 50.6 Å². The average molecular weight is 2110 g/mol. The molecule has 0 aliphatic carbocycles. The minimum absolute atomic E-state index is 0.00370. The Bertz CT molecular complexity index is 7010. The molecule has 0 radical (unpaired) electrons. The van der Waals surface area contributed by atoms with Gasteiger partial charge in [0.2, 0.25) is 29.2 Å². The van der Waals surface area contributed by atoms with E-state index < -0.39 is 227 Å². The monoisotopic (exact) mass is 2110 g/mol. The SMILES string of the molecule is Nc1nc2c(ncn2[C@@H]2O[C@@H]3COP(=O)(S)O[C@H]4[C@H](F)[C@H](n5nnc6c(=O)[nH]cnc65)O[C@@H]4COP(=S)(S)O[C@@H]2C3)c(=O)[nH]1.Nc1nc2c(ncn2[C@@H]2O[C@@H]3COP(O)(=S)O[C@H]4[C@H](F)[C@H](n5cnc6c(=O)[nH]cnc65)O[C@@H]4COP(=S)(S)O[C@@H]2C3)c(=O)[nH]1.Nc1nc2c(ncn2[C@@H]2S[C@@H]3COP(=O)(O)O[C@H]4[C@@H](O)[C@H](n5cnc6c(=O)[nH]cnc65)O[C@@H]4COP(=O)(O)O[C@@H]2[C@@H]3O)c(=O)[nH]1. The number of nitrogens with one attached hydrogen (secondary N) is 6. The van der Waals surface area contributed by atoms with Crippen LogP contribution in [0.25, 0.3) is 67.0 Å². The molecule has 6 unspecified atom stereocenters. The number of aliphatic hydroxyl groups is 2. The van der Waals surface area contributed by atoms with Crippen molar-refractivity contribution in [2.24, 2.45) is 0 Å². The number of aromatic nitrogens is 25. The molecule has 12 aromatic heterocycles. The zero-order chi connectivity index (χ0) is 93.8. The highest BCUT2D eigenvalue weighted by molar-refractivity contribution is 8.60. The summed E-state index contributed by atoms with van der Waals surface area (Å²) in [5, 5.41) is 27.6. The van der Waals surface area contributed by atoms with Crippen molar-refractivity contribution in [3.63, 3.8) is 0 Å². The number of phosphoric acid groups is 2. The van der Waals surface area contributed by atoms with Crippen molar-refractivity contribution in [3.05, 3.63) is 113 Å². The molecular formula is C59H66F2N28O31P6S7. The predicted octanol–water partition coefficient (Wildman–Crippen LogP) is -0.605. The lowest BCUT2D eigenvalue weighted by atomic mass is 10.1. The van der Waals surface area contributed by atoms with Crippen LogP contribution in [0.15, 0.2) is 79.4 Å². The molecule has 6 bridgehead atoms. The maximum atomic E-state index is 16.0. The lowest BCUT2D eigenvalue weighted by Gasteiger charge is -2.28. The lowest BCUT2D eigenvalue weighted by molar-refractivity contribution is -0.0557. The summed E-state index contributed by atoms with van der Waals surface area (Å²) < 4.78 is 176. The van der Waals surface area contributed by atoms with E-state index in [1.54, 1.807) is 0 Å². The molecule has 28 atom stereocenters. The third kappa shape index (κ3) is 18.9. The Labute approximate surface area is 768 Å². The summed E-state index contributed by atoms with van der Waals surface area (Å²) in [5.74, 6) is -0.524. The van der Waals surface area contributed by atoms with E-state index in [1.807, 2.05) is 0 Å². The van der Waals surface area contributed by atoms with E-state index in [-0.39, 0.29) is 117 Å². The van der Waals surface area contributed by atoms with Gasteiger partial charge >= 0.3 is 29.2 Å². The van der Waals surface area contributed by atoms with Crippen LogP contribution in [-0.2, 0) is 127 Å². The number of nitrogens with zero attached hydrogens (tertiary/aromatic N) is 19. The highest BCUT2D eigenvalue weighted by Crippen LogP contribution is 2.63. The lowest BCUT2D eigenvalue weighted by Crippen LogP contribution is -2.36. The van der Waals surface area contributed by atoms with Crippen LogP contribution in [0.4, 0.5) is 26.6 Å². The van der Waals surface area contributed by atoms with Crippen molar-refractivity contribution in [2.75, 3.05) is 56.8 Å². The van der Waals surface area contributed by atoms with Crippen LogP contribution in [0.1, 0.15) is 49.4 Å². The third-order valence-corrected chi connectivity index (χ3v) is 32.5. The first-order valence-corrected chi connectivity index (χ1v) is 55.2. The van der Waals surface area contributed by atoms with Crippen LogP contribution in [0, 0.1) is 0 Å². The van der Waals surface area contributed by atoms with Gasteiger partial charge in [-0.3, -0.25) is 98.2 Å². The Morgan fingerprint density at radius 2 is 0.827 bits per heavy atom. The van der Waals surface area contributed by atoms with Gasteiger partial charge in [0.05, 0.1) is 114 Å². The molecule has 714 valence electrons. The Balaban J connectivity index is 0.000000129. The molecule has 21 heterocycles. The molecule has 133 heavy (non-hydrogen) atoms. The molecule has 0 spiro atoms. The number of halogens is 2. The summed E-state index contributed by atoms with van der Waals surface area (Å²) in [6, 6.07) is 0. The Hall–Kier alpha value is -7.55. The molecule has 0 amide bonds. The fourth-order valence-corrected chi connectivity index (χ4v) is 26.2. The average Bonchev–Trinajstić information content (AvgIpc) is 1.60. The normalized spacial score (nSPS) is 36.9. The van der Waals surface area contributed by atoms with E-state index in [1.165, 1.54) is 48.1 Å². The van der Waals surface area contributed by atoms with Crippen LogP contribution in [0.3, 0.4) is 0 Å². The van der Waals surface area contributed by atoms with Crippen molar-refractivity contribution in [1.82, 2.24) is 123 Å². The number of hydrogen-bond acceptors (Lipinski definition) is 48. The fraction of sp³-hybridized carbons (Fsp3) is 0.508. The zero-order valence-electron chi connectivity index (χ0n) is 66.0. The summed E-state index contributed by atoms with van der Waals surface area (Å²) in [5.41, 5.74) is 6.70. The van der Waals surface area contributed by atoms with Crippen LogP contribution in [0.2, 0.25) is 0 Å². The Morgan fingerprint density at radius 1 is 0.421 bits per heavy atom. The van der Waals surface area contributed by atoms with Crippen LogP contribution in [0.5, 0.6) is 0 Å². The smallest absolute Gasteiger partial charge is 0.389 e. The molecule has 21 rings (SSSR count). The van der Waals surface area contributed by atoms with Gasteiger partial charge < -0.3 is 103 Å². The third-order valence-electron chi connectivity index (χ3n) is 21.4. The van der Waals surface area contributed by atoms with Crippen molar-refractivity contribution >= 4 is 209 Å². The number of alkyl halides is 2. The number of anilines is 3. The predicted molar refractivity (Wildman–Crippen MR) is 465 cm³/mol. The van der Waals surface area contributed by atoms with Gasteiger partial charge in [-0.2, -0.15) is 19.6 Å². The molecule has 74 heteroatoms. The molecular weight excluding hydrogens is 2050 g/mol. The van der Waals surface area contributed by atoms with Gasteiger partial charge in [-0.15, -0.1) is 16.9 Å². The topological polar surface area (TPSA) is 782 Å². The van der Waals surface area contributed by atoms with E-state index >= 15 is 8.78 Å². The van der Waals surface area contributed by atoms with Gasteiger partial charge in [0.15, 0.2) is 110 Å². The molecule has 9 aliphatic heterocycles. The number of aliphatic hydroxyl groups excluding tert-OH is 2. The first-order valence-electron chi connectivity index (χ1n) is 38.4. The largest absolute Gasteiger partial charge is 0.472 e. The number of imidazole rings is 5. The number of H-pyrrole nitrogens is 6. The van der Waals surface area contributed by atoms with Gasteiger partial charge in [-0.05, 0) is 35.4 Å². The summed E-state index contributed by atoms with van der Waals surface area (Å²) in [6.07, 6.45) is -17.1. The molecule has 17 N–H and O–H groups in total. The fourth-order valence-electron chi connectivity index (χ4n) is 15.7. The number of rotatable bonds is 6. The highest BCUT2D eigenvalue weighted by Gasteiger charge is 2.58. The number of thioether (sulfide) groups is 1. The maximum Gasteiger partial charge on any atom is 0.472 e. The minimum atomic E-state index is -5.07. The molecule has 9 saturated heterocycles. The summed E-state index contributed by atoms with van der Waals surface area (Å²) >= 11 is 30.2. The molecule has 9 aliphatic rings. The summed E-state index contributed by atoms with van der Waals surface area (Å²) in [6.45, 7) is -11.3. The van der Waals surface area contributed by atoms with Gasteiger partial charge in [-0.25, -0.2) is 62.3 Å². The Morgan fingerprint density at radius 3 is 1.35 bits per heavy atom. The minimum Gasteiger partial charge on any atom is -0.389 e. The van der Waals surface area contributed by atoms with Gasteiger partial charge in [0, 0.05) is 12.8 Å². The number of ether oxygens (including phenoxy) is 5. The molecule has 0 saturated carbocycles. The first kappa shape index (κ1) is 94.4. The zero-order valence-corrected chi connectivity index (χ0v) is 77.3. The number of thiol groups is 3. The second-order valence-corrected chi connectivity index (χ2v) is 50.2. The molecule has 0 aromatic carbocycles. The van der Waals surface area contributed by atoms with E-state index in [0.29, 0.717) is 0 Å². The van der Waals surface area contributed by atoms with Gasteiger partial charge in [0.1, 0.15) is 66.4 Å².